The molecular weight excluding hydrogens is 280 g/mol. The lowest BCUT2D eigenvalue weighted by atomic mass is 9.84. The van der Waals surface area contributed by atoms with Gasteiger partial charge in [-0.2, -0.15) is 0 Å². The summed E-state index contributed by atoms with van der Waals surface area (Å²) in [5.74, 6) is 0.519. The van der Waals surface area contributed by atoms with Crippen molar-refractivity contribution in [3.8, 4) is 5.75 Å². The number of rotatable bonds is 5. The van der Waals surface area contributed by atoms with Crippen LogP contribution in [0.4, 0.5) is 0 Å². The molecule has 5 heteroatoms. The first kappa shape index (κ1) is 16.1. The molecule has 1 aromatic rings. The number of likely N-dealkylation sites (tertiary alicyclic amines) is 1. The van der Waals surface area contributed by atoms with Gasteiger partial charge in [0.1, 0.15) is 5.75 Å². The molecule has 0 aliphatic carbocycles. The molecule has 0 radical (unpaired) electrons. The van der Waals surface area contributed by atoms with E-state index in [9.17, 15) is 9.59 Å². The highest BCUT2D eigenvalue weighted by atomic mass is 16.5. The smallest absolute Gasteiger partial charge is 0.225 e. The Hall–Kier alpha value is -2.30. The van der Waals surface area contributed by atoms with E-state index in [4.69, 9.17) is 4.74 Å². The van der Waals surface area contributed by atoms with Crippen LogP contribution in [0.2, 0.25) is 0 Å². The Balaban J connectivity index is 2.28. The monoisotopic (exact) mass is 302 g/mol. The van der Waals surface area contributed by atoms with Gasteiger partial charge >= 0.3 is 0 Å². The van der Waals surface area contributed by atoms with Crippen LogP contribution in [0.3, 0.4) is 0 Å². The molecule has 0 bridgehead atoms. The molecule has 2 rings (SSSR count). The van der Waals surface area contributed by atoms with Gasteiger partial charge in [0.05, 0.1) is 19.1 Å². The summed E-state index contributed by atoms with van der Waals surface area (Å²) in [6.45, 7) is 4.04. The van der Waals surface area contributed by atoms with E-state index in [1.165, 1.54) is 0 Å². The van der Waals surface area contributed by atoms with Crippen LogP contribution in [0.25, 0.3) is 0 Å². The predicted octanol–water partition coefficient (Wildman–Crippen LogP) is 1.91. The van der Waals surface area contributed by atoms with E-state index in [-0.39, 0.29) is 23.8 Å². The maximum Gasteiger partial charge on any atom is 0.225 e. The summed E-state index contributed by atoms with van der Waals surface area (Å²) in [4.78, 5) is 26.1. The van der Waals surface area contributed by atoms with E-state index >= 15 is 0 Å². The van der Waals surface area contributed by atoms with Crippen molar-refractivity contribution >= 4 is 11.8 Å². The number of nitrogens with one attached hydrogen (secondary N) is 1. The van der Waals surface area contributed by atoms with E-state index in [0.29, 0.717) is 19.4 Å². The third-order valence-electron chi connectivity index (χ3n) is 4.08. The van der Waals surface area contributed by atoms with Gasteiger partial charge < -0.3 is 15.0 Å². The fourth-order valence-corrected chi connectivity index (χ4v) is 2.87. The SMILES string of the molecule is C=CCNC(=O)C1CCC(=O)N(C)C1c1ccc(OC)cc1. The molecule has 118 valence electrons. The molecule has 1 saturated heterocycles. The van der Waals surface area contributed by atoms with Crippen molar-refractivity contribution in [3.63, 3.8) is 0 Å². The Kier molecular flexibility index (Phi) is 5.20. The first-order valence-corrected chi connectivity index (χ1v) is 7.36. The normalized spacial score (nSPS) is 21.4. The average molecular weight is 302 g/mol. The molecule has 1 aromatic carbocycles. The molecule has 1 aliphatic heterocycles. The minimum absolute atomic E-state index is 0.0416. The molecule has 1 fully saturated rings. The van der Waals surface area contributed by atoms with Gasteiger partial charge in [-0.1, -0.05) is 18.2 Å². The minimum Gasteiger partial charge on any atom is -0.497 e. The third kappa shape index (κ3) is 3.30. The molecule has 1 aliphatic rings. The molecule has 2 atom stereocenters. The number of carbonyl (C=O) groups is 2. The van der Waals surface area contributed by atoms with Crippen molar-refractivity contribution in [1.82, 2.24) is 10.2 Å². The lowest BCUT2D eigenvalue weighted by Gasteiger charge is -2.38. The summed E-state index contributed by atoms with van der Waals surface area (Å²) in [7, 11) is 3.36. The summed E-state index contributed by atoms with van der Waals surface area (Å²) in [5, 5.41) is 2.84. The lowest BCUT2D eigenvalue weighted by molar-refractivity contribution is -0.141. The second-order valence-corrected chi connectivity index (χ2v) is 5.40. The number of nitrogens with zero attached hydrogens (tertiary/aromatic N) is 1. The van der Waals surface area contributed by atoms with E-state index in [2.05, 4.69) is 11.9 Å². The summed E-state index contributed by atoms with van der Waals surface area (Å²) >= 11 is 0. The number of carbonyl (C=O) groups excluding carboxylic acids is 2. The molecule has 5 nitrogen and oxygen atoms in total. The number of ether oxygens (including phenoxy) is 1. The van der Waals surface area contributed by atoms with Gasteiger partial charge in [0.2, 0.25) is 11.8 Å². The number of benzene rings is 1. The number of amides is 2. The molecular formula is C17H22N2O3. The zero-order chi connectivity index (χ0) is 16.1. The third-order valence-corrected chi connectivity index (χ3v) is 4.08. The maximum absolute atomic E-state index is 12.4. The first-order valence-electron chi connectivity index (χ1n) is 7.36. The van der Waals surface area contributed by atoms with Crippen LogP contribution in [0.1, 0.15) is 24.4 Å². The maximum atomic E-state index is 12.4. The van der Waals surface area contributed by atoms with Gasteiger partial charge in [0, 0.05) is 20.0 Å². The summed E-state index contributed by atoms with van der Waals surface area (Å²) < 4.78 is 5.16. The number of methoxy groups -OCH3 is 1. The van der Waals surface area contributed by atoms with Crippen LogP contribution in [0, 0.1) is 5.92 Å². The van der Waals surface area contributed by atoms with Crippen molar-refractivity contribution in [1.29, 1.82) is 0 Å². The largest absolute Gasteiger partial charge is 0.497 e. The van der Waals surface area contributed by atoms with E-state index < -0.39 is 0 Å². The van der Waals surface area contributed by atoms with Crippen LogP contribution in [0.15, 0.2) is 36.9 Å². The molecule has 1 heterocycles. The highest BCUT2D eigenvalue weighted by molar-refractivity contribution is 5.85. The average Bonchev–Trinajstić information content (AvgIpc) is 2.55. The highest BCUT2D eigenvalue weighted by Crippen LogP contribution is 2.36. The quantitative estimate of drug-likeness (QED) is 0.845. The second kappa shape index (κ2) is 7.11. The zero-order valence-electron chi connectivity index (χ0n) is 13.0. The Bertz CT molecular complexity index is 554. The first-order chi connectivity index (χ1) is 10.6. The number of piperidine rings is 1. The summed E-state index contributed by atoms with van der Waals surface area (Å²) in [6, 6.07) is 7.26. The lowest BCUT2D eigenvalue weighted by Crippen LogP contribution is -2.46. The second-order valence-electron chi connectivity index (χ2n) is 5.40. The van der Waals surface area contributed by atoms with Gasteiger partial charge in [-0.15, -0.1) is 6.58 Å². The summed E-state index contributed by atoms with van der Waals surface area (Å²) in [6.07, 6.45) is 2.61. The zero-order valence-corrected chi connectivity index (χ0v) is 13.0. The highest BCUT2D eigenvalue weighted by Gasteiger charge is 2.38. The molecule has 2 unspecified atom stereocenters. The summed E-state index contributed by atoms with van der Waals surface area (Å²) in [5.41, 5.74) is 0.940. The van der Waals surface area contributed by atoms with Gasteiger partial charge in [-0.25, -0.2) is 0 Å². The Morgan fingerprint density at radius 2 is 2.14 bits per heavy atom. The molecule has 22 heavy (non-hydrogen) atoms. The molecule has 1 N–H and O–H groups in total. The number of hydrogen-bond donors (Lipinski definition) is 1. The van der Waals surface area contributed by atoms with Crippen LogP contribution < -0.4 is 10.1 Å². The Morgan fingerprint density at radius 3 is 2.73 bits per heavy atom. The topological polar surface area (TPSA) is 58.6 Å². The van der Waals surface area contributed by atoms with Gasteiger partial charge in [0.25, 0.3) is 0 Å². The van der Waals surface area contributed by atoms with E-state index in [1.54, 1.807) is 25.1 Å². The number of hydrogen-bond acceptors (Lipinski definition) is 3. The fraction of sp³-hybridized carbons (Fsp3) is 0.412. The molecule has 0 aromatic heterocycles. The molecule has 2 amide bonds. The standard InChI is InChI=1S/C17H22N2O3/c1-4-11-18-17(21)14-9-10-15(20)19(2)16(14)12-5-7-13(22-3)8-6-12/h4-8,14,16H,1,9-11H2,2-3H3,(H,18,21). The van der Waals surface area contributed by atoms with Crippen molar-refractivity contribution < 1.29 is 14.3 Å². The van der Waals surface area contributed by atoms with Crippen molar-refractivity contribution in [3.05, 3.63) is 42.5 Å². The van der Waals surface area contributed by atoms with Crippen molar-refractivity contribution in [2.45, 2.75) is 18.9 Å². The van der Waals surface area contributed by atoms with Crippen LogP contribution >= 0.6 is 0 Å². The van der Waals surface area contributed by atoms with Gasteiger partial charge in [0.15, 0.2) is 0 Å². The van der Waals surface area contributed by atoms with Crippen LogP contribution in [-0.4, -0.2) is 37.4 Å². The van der Waals surface area contributed by atoms with E-state index in [1.807, 2.05) is 24.3 Å². The predicted molar refractivity (Wildman–Crippen MR) is 84.4 cm³/mol. The van der Waals surface area contributed by atoms with Crippen LogP contribution in [-0.2, 0) is 9.59 Å². The Labute approximate surface area is 130 Å². The minimum atomic E-state index is -0.254. The van der Waals surface area contributed by atoms with Gasteiger partial charge in [-0.3, -0.25) is 9.59 Å². The molecule has 0 saturated carbocycles. The van der Waals surface area contributed by atoms with Gasteiger partial charge in [-0.05, 0) is 24.1 Å². The van der Waals surface area contributed by atoms with Crippen molar-refractivity contribution in [2.24, 2.45) is 5.92 Å². The Morgan fingerprint density at radius 1 is 1.45 bits per heavy atom. The molecule has 0 spiro atoms. The van der Waals surface area contributed by atoms with Crippen LogP contribution in [0.5, 0.6) is 5.75 Å². The van der Waals surface area contributed by atoms with E-state index in [0.717, 1.165) is 11.3 Å². The fourth-order valence-electron chi connectivity index (χ4n) is 2.87. The van der Waals surface area contributed by atoms with Crippen molar-refractivity contribution in [2.75, 3.05) is 20.7 Å².